The zero-order valence-electron chi connectivity index (χ0n) is 12.6. The van der Waals surface area contributed by atoms with Crippen molar-refractivity contribution in [3.63, 3.8) is 0 Å². The van der Waals surface area contributed by atoms with Gasteiger partial charge in [0.15, 0.2) is 11.3 Å². The third-order valence-corrected chi connectivity index (χ3v) is 4.30. The van der Waals surface area contributed by atoms with Gasteiger partial charge in [-0.3, -0.25) is 0 Å². The smallest absolute Gasteiger partial charge is 0.176 e. The molecule has 2 aromatic rings. The molecule has 110 valence electrons. The van der Waals surface area contributed by atoms with Crippen molar-refractivity contribution in [2.24, 2.45) is 5.92 Å². The molecule has 2 atom stereocenters. The van der Waals surface area contributed by atoms with Crippen LogP contribution in [-0.4, -0.2) is 25.7 Å². The van der Waals surface area contributed by atoms with Crippen molar-refractivity contribution < 1.29 is 9.15 Å². The summed E-state index contributed by atoms with van der Waals surface area (Å²) in [7, 11) is 1.67. The molecule has 0 aliphatic heterocycles. The van der Waals surface area contributed by atoms with Gasteiger partial charge in [0.25, 0.3) is 0 Å². The van der Waals surface area contributed by atoms with E-state index in [1.54, 1.807) is 7.11 Å². The van der Waals surface area contributed by atoms with Gasteiger partial charge in [0, 0.05) is 5.39 Å². The summed E-state index contributed by atoms with van der Waals surface area (Å²) in [5, 5.41) is 4.62. The van der Waals surface area contributed by atoms with Gasteiger partial charge in [-0.2, -0.15) is 11.8 Å². The second kappa shape index (κ2) is 7.04. The van der Waals surface area contributed by atoms with Crippen LogP contribution in [0.1, 0.15) is 25.6 Å². The number of para-hydroxylation sites is 1. The van der Waals surface area contributed by atoms with Crippen molar-refractivity contribution >= 4 is 22.7 Å². The fraction of sp³-hybridized carbons (Fsp3) is 0.500. The molecular formula is C16H23NO2S. The number of thioether (sulfide) groups is 1. The third-order valence-electron chi connectivity index (χ3n) is 3.40. The van der Waals surface area contributed by atoms with Crippen LogP contribution < -0.4 is 10.1 Å². The lowest BCUT2D eigenvalue weighted by Gasteiger charge is -2.15. The Kier molecular flexibility index (Phi) is 5.38. The van der Waals surface area contributed by atoms with E-state index in [2.05, 4.69) is 31.5 Å². The number of fused-ring (bicyclic) bond motifs is 1. The van der Waals surface area contributed by atoms with Crippen LogP contribution >= 0.6 is 11.8 Å². The lowest BCUT2D eigenvalue weighted by Crippen LogP contribution is -2.25. The van der Waals surface area contributed by atoms with Gasteiger partial charge >= 0.3 is 0 Å². The van der Waals surface area contributed by atoms with Crippen molar-refractivity contribution in [2.75, 3.05) is 25.7 Å². The van der Waals surface area contributed by atoms with Gasteiger partial charge in [-0.15, -0.1) is 0 Å². The highest BCUT2D eigenvalue weighted by atomic mass is 32.2. The molecule has 20 heavy (non-hydrogen) atoms. The summed E-state index contributed by atoms with van der Waals surface area (Å²) in [4.78, 5) is 0. The highest BCUT2D eigenvalue weighted by Crippen LogP contribution is 2.30. The van der Waals surface area contributed by atoms with E-state index in [4.69, 9.17) is 9.15 Å². The van der Waals surface area contributed by atoms with E-state index < -0.39 is 0 Å². The average Bonchev–Trinajstić information content (AvgIpc) is 2.89. The van der Waals surface area contributed by atoms with Crippen LogP contribution in [0, 0.1) is 5.92 Å². The van der Waals surface area contributed by atoms with Gasteiger partial charge in [0.05, 0.1) is 13.2 Å². The summed E-state index contributed by atoms with van der Waals surface area (Å²) in [6, 6.07) is 8.26. The average molecular weight is 293 g/mol. The van der Waals surface area contributed by atoms with Crippen molar-refractivity contribution in [3.05, 3.63) is 30.0 Å². The SMILES string of the molecule is COc1cccc2cc(C(C)NCC(C)CSC)oc12. The monoisotopic (exact) mass is 293 g/mol. The predicted molar refractivity (Wildman–Crippen MR) is 86.7 cm³/mol. The Balaban J connectivity index is 2.08. The maximum atomic E-state index is 5.95. The van der Waals surface area contributed by atoms with E-state index in [0.717, 1.165) is 29.0 Å². The van der Waals surface area contributed by atoms with Crippen molar-refractivity contribution in [1.82, 2.24) is 5.32 Å². The molecule has 2 rings (SSSR count). The Morgan fingerprint density at radius 2 is 2.15 bits per heavy atom. The summed E-state index contributed by atoms with van der Waals surface area (Å²) in [6.45, 7) is 5.39. The second-order valence-corrected chi connectivity index (χ2v) is 6.13. The quantitative estimate of drug-likeness (QED) is 0.833. The number of methoxy groups -OCH3 is 1. The van der Waals surface area contributed by atoms with E-state index in [-0.39, 0.29) is 6.04 Å². The molecule has 0 spiro atoms. The fourth-order valence-corrected chi connectivity index (χ4v) is 2.94. The number of furan rings is 1. The molecule has 0 saturated heterocycles. The van der Waals surface area contributed by atoms with Crippen LogP contribution in [0.15, 0.2) is 28.7 Å². The molecule has 1 aromatic carbocycles. The minimum absolute atomic E-state index is 0.205. The lowest BCUT2D eigenvalue weighted by molar-refractivity contribution is 0.396. The highest BCUT2D eigenvalue weighted by Gasteiger charge is 2.14. The molecule has 0 bridgehead atoms. The number of benzene rings is 1. The van der Waals surface area contributed by atoms with Crippen molar-refractivity contribution in [2.45, 2.75) is 19.9 Å². The maximum absolute atomic E-state index is 5.95. The van der Waals surface area contributed by atoms with E-state index >= 15 is 0 Å². The van der Waals surface area contributed by atoms with E-state index in [1.807, 2.05) is 30.0 Å². The molecule has 0 aliphatic rings. The molecule has 3 nitrogen and oxygen atoms in total. The molecule has 4 heteroatoms. The molecular weight excluding hydrogens is 270 g/mol. The number of hydrogen-bond acceptors (Lipinski definition) is 4. The topological polar surface area (TPSA) is 34.4 Å². The summed E-state index contributed by atoms with van der Waals surface area (Å²) >= 11 is 1.89. The zero-order valence-corrected chi connectivity index (χ0v) is 13.4. The molecule has 1 aromatic heterocycles. The van der Waals surface area contributed by atoms with Crippen LogP contribution in [0.2, 0.25) is 0 Å². The van der Waals surface area contributed by atoms with Crippen LogP contribution in [-0.2, 0) is 0 Å². The Hall–Kier alpha value is -1.13. The predicted octanol–water partition coefficient (Wildman–Crippen LogP) is 4.09. The Morgan fingerprint density at radius 1 is 1.35 bits per heavy atom. The first-order valence-corrected chi connectivity index (χ1v) is 8.33. The van der Waals surface area contributed by atoms with Gasteiger partial charge in [0.1, 0.15) is 5.76 Å². The van der Waals surface area contributed by atoms with Gasteiger partial charge < -0.3 is 14.5 Å². The number of hydrogen-bond donors (Lipinski definition) is 1. The Bertz CT molecular complexity index is 552. The van der Waals surface area contributed by atoms with Crippen LogP contribution in [0.25, 0.3) is 11.0 Å². The van der Waals surface area contributed by atoms with Gasteiger partial charge in [-0.25, -0.2) is 0 Å². The first-order valence-electron chi connectivity index (χ1n) is 6.94. The first-order chi connectivity index (χ1) is 9.65. The highest BCUT2D eigenvalue weighted by molar-refractivity contribution is 7.98. The van der Waals surface area contributed by atoms with E-state index in [9.17, 15) is 0 Å². The molecule has 1 heterocycles. The maximum Gasteiger partial charge on any atom is 0.176 e. The number of nitrogens with one attached hydrogen (secondary N) is 1. The molecule has 0 fully saturated rings. The molecule has 0 radical (unpaired) electrons. The van der Waals surface area contributed by atoms with Gasteiger partial charge in [0.2, 0.25) is 0 Å². The summed E-state index contributed by atoms with van der Waals surface area (Å²) in [5.41, 5.74) is 0.829. The van der Waals surface area contributed by atoms with E-state index in [0.29, 0.717) is 5.92 Å². The van der Waals surface area contributed by atoms with Gasteiger partial charge in [-0.05, 0) is 43.5 Å². The fourth-order valence-electron chi connectivity index (χ4n) is 2.25. The Labute approximate surface area is 125 Å². The number of ether oxygens (including phenoxy) is 1. The molecule has 0 aliphatic carbocycles. The van der Waals surface area contributed by atoms with Crippen molar-refractivity contribution in [1.29, 1.82) is 0 Å². The zero-order chi connectivity index (χ0) is 14.5. The summed E-state index contributed by atoms with van der Waals surface area (Å²) in [6.07, 6.45) is 2.14. The largest absolute Gasteiger partial charge is 0.493 e. The first kappa shape index (κ1) is 15.3. The molecule has 0 amide bonds. The standard InChI is InChI=1S/C16H23NO2S/c1-11(10-20-4)9-17-12(2)15-8-13-6-5-7-14(18-3)16(13)19-15/h5-8,11-12,17H,9-10H2,1-4H3. The summed E-state index contributed by atoms with van der Waals surface area (Å²) < 4.78 is 11.3. The number of rotatable bonds is 7. The Morgan fingerprint density at radius 3 is 2.85 bits per heavy atom. The van der Waals surface area contributed by atoms with Gasteiger partial charge in [-0.1, -0.05) is 19.1 Å². The normalized spacial score (nSPS) is 14.4. The van der Waals surface area contributed by atoms with Crippen LogP contribution in [0.3, 0.4) is 0 Å². The second-order valence-electron chi connectivity index (χ2n) is 5.22. The summed E-state index contributed by atoms with van der Waals surface area (Å²) in [5.74, 6) is 3.58. The van der Waals surface area contributed by atoms with Crippen LogP contribution in [0.5, 0.6) is 5.75 Å². The molecule has 0 saturated carbocycles. The van der Waals surface area contributed by atoms with Crippen molar-refractivity contribution in [3.8, 4) is 5.75 Å². The third kappa shape index (κ3) is 3.49. The molecule has 2 unspecified atom stereocenters. The molecule has 1 N–H and O–H groups in total. The minimum atomic E-state index is 0.205. The van der Waals surface area contributed by atoms with Crippen LogP contribution in [0.4, 0.5) is 0 Å². The lowest BCUT2D eigenvalue weighted by atomic mass is 10.1. The van der Waals surface area contributed by atoms with E-state index in [1.165, 1.54) is 5.75 Å². The minimum Gasteiger partial charge on any atom is -0.493 e.